The zero-order valence-corrected chi connectivity index (χ0v) is 10.7. The van der Waals surface area contributed by atoms with Crippen molar-refractivity contribution >= 4 is 53.6 Å². The highest BCUT2D eigenvalue weighted by molar-refractivity contribution is 9.40. The van der Waals surface area contributed by atoms with Crippen molar-refractivity contribution in [1.82, 2.24) is 0 Å². The molecule has 0 unspecified atom stereocenters. The Morgan fingerprint density at radius 1 is 1.08 bits per heavy atom. The van der Waals surface area contributed by atoms with Gasteiger partial charge in [0.15, 0.2) is 2.14 Å². The lowest BCUT2D eigenvalue weighted by atomic mass is 10.2. The highest BCUT2D eigenvalue weighted by Crippen LogP contribution is 2.36. The summed E-state index contributed by atoms with van der Waals surface area (Å²) in [6, 6.07) is 9.05. The highest BCUT2D eigenvalue weighted by Gasteiger charge is 2.29. The molecule has 1 aromatic carbocycles. The number of carbonyl (C=O) groups excluding carboxylic acids is 1. The first-order valence-corrected chi connectivity index (χ1v) is 5.56. The van der Waals surface area contributed by atoms with E-state index in [9.17, 15) is 4.79 Å². The number of alkyl halides is 3. The molecule has 0 aliphatic carbocycles. The number of hydrogen-bond acceptors (Lipinski definition) is 1. The van der Waals surface area contributed by atoms with Crippen LogP contribution in [0, 0.1) is 0 Å². The maximum absolute atomic E-state index is 11.5. The van der Waals surface area contributed by atoms with Gasteiger partial charge in [0.2, 0.25) is 5.78 Å². The topological polar surface area (TPSA) is 17.1 Å². The first-order valence-electron chi connectivity index (χ1n) is 3.18. The molecule has 0 bridgehead atoms. The average Bonchev–Trinajstić information content (AvgIpc) is 2.03. The Bertz CT molecular complexity index is 276. The Labute approximate surface area is 95.9 Å². The van der Waals surface area contributed by atoms with Crippen LogP contribution in [0.2, 0.25) is 0 Å². The van der Waals surface area contributed by atoms with Gasteiger partial charge < -0.3 is 0 Å². The summed E-state index contributed by atoms with van der Waals surface area (Å²) < 4.78 is -0.839. The first-order chi connectivity index (χ1) is 5.52. The molecule has 0 aromatic heterocycles. The fourth-order valence-electron chi connectivity index (χ4n) is 0.753. The van der Waals surface area contributed by atoms with E-state index in [4.69, 9.17) is 0 Å². The number of benzene rings is 1. The Balaban J connectivity index is 2.94. The minimum Gasteiger partial charge on any atom is -0.291 e. The summed E-state index contributed by atoms with van der Waals surface area (Å²) >= 11 is 9.49. The molecule has 0 aliphatic rings. The Kier molecular flexibility index (Phi) is 3.49. The van der Waals surface area contributed by atoms with Crippen LogP contribution in [-0.4, -0.2) is 7.93 Å². The quantitative estimate of drug-likeness (QED) is 0.554. The molecule has 1 nitrogen and oxygen atoms in total. The molecule has 0 heterocycles. The van der Waals surface area contributed by atoms with Crippen molar-refractivity contribution in [1.29, 1.82) is 0 Å². The predicted molar refractivity (Wildman–Crippen MR) is 60.3 cm³/mol. The Morgan fingerprint density at radius 3 is 2.00 bits per heavy atom. The monoisotopic (exact) mass is 354 g/mol. The third-order valence-corrected chi connectivity index (χ3v) is 2.37. The lowest BCUT2D eigenvalue weighted by Gasteiger charge is -2.09. The van der Waals surface area contributed by atoms with Gasteiger partial charge in [-0.15, -0.1) is 0 Å². The molecule has 64 valence electrons. The van der Waals surface area contributed by atoms with Crippen molar-refractivity contribution in [2.75, 3.05) is 0 Å². The fourth-order valence-corrected chi connectivity index (χ4v) is 1.44. The van der Waals surface area contributed by atoms with E-state index in [1.807, 2.05) is 18.2 Å². The first kappa shape index (κ1) is 10.4. The normalized spacial score (nSPS) is 11.2. The van der Waals surface area contributed by atoms with Gasteiger partial charge in [-0.2, -0.15) is 0 Å². The largest absolute Gasteiger partial charge is 0.291 e. The number of Topliss-reactive ketones (excluding diaryl/α,β-unsaturated/α-hetero) is 1. The number of rotatable bonds is 1. The minimum atomic E-state index is -0.839. The van der Waals surface area contributed by atoms with Crippen molar-refractivity contribution in [3.63, 3.8) is 0 Å². The molecule has 0 N–H and O–H groups in total. The van der Waals surface area contributed by atoms with E-state index in [0.717, 1.165) is 0 Å². The van der Waals surface area contributed by atoms with E-state index in [1.54, 1.807) is 12.1 Å². The van der Waals surface area contributed by atoms with Gasteiger partial charge in [0.1, 0.15) is 0 Å². The molecule has 0 saturated heterocycles. The smallest absolute Gasteiger partial charge is 0.201 e. The van der Waals surface area contributed by atoms with Crippen LogP contribution in [0.15, 0.2) is 30.3 Å². The number of hydrogen-bond donors (Lipinski definition) is 0. The van der Waals surface area contributed by atoms with Crippen LogP contribution >= 0.6 is 47.8 Å². The summed E-state index contributed by atoms with van der Waals surface area (Å²) in [5.41, 5.74) is 0.656. The molecule has 0 atom stereocenters. The molecule has 12 heavy (non-hydrogen) atoms. The fraction of sp³-hybridized carbons (Fsp3) is 0.125. The molecule has 0 spiro atoms. The van der Waals surface area contributed by atoms with Gasteiger partial charge >= 0.3 is 0 Å². The summed E-state index contributed by atoms with van der Waals surface area (Å²) in [6.07, 6.45) is 0. The second kappa shape index (κ2) is 4.03. The molecule has 1 rings (SSSR count). The molecule has 0 amide bonds. The van der Waals surface area contributed by atoms with Crippen molar-refractivity contribution in [3.8, 4) is 0 Å². The molecule has 1 aromatic rings. The van der Waals surface area contributed by atoms with Gasteiger partial charge in [-0.1, -0.05) is 78.1 Å². The molecule has 0 fully saturated rings. The number of carbonyl (C=O) groups is 1. The zero-order chi connectivity index (χ0) is 9.19. The molecule has 4 heteroatoms. The second-order valence-corrected chi connectivity index (χ2v) is 8.95. The van der Waals surface area contributed by atoms with E-state index in [2.05, 4.69) is 47.8 Å². The lowest BCUT2D eigenvalue weighted by molar-refractivity contribution is 0.101. The van der Waals surface area contributed by atoms with Crippen molar-refractivity contribution in [2.45, 2.75) is 2.14 Å². The Hall–Kier alpha value is 0.330. The standard InChI is InChI=1S/C8H5Br3O/c9-8(10,11)7(12)6-4-2-1-3-5-6/h1-5H. The number of halogens is 3. The predicted octanol–water partition coefficient (Wildman–Crippen LogP) is 3.71. The van der Waals surface area contributed by atoms with Crippen molar-refractivity contribution in [3.05, 3.63) is 35.9 Å². The van der Waals surface area contributed by atoms with Gasteiger partial charge in [-0.25, -0.2) is 0 Å². The molecular weight excluding hydrogens is 352 g/mol. The van der Waals surface area contributed by atoms with Crippen LogP contribution in [0.25, 0.3) is 0 Å². The van der Waals surface area contributed by atoms with Gasteiger partial charge in [0.05, 0.1) is 0 Å². The van der Waals surface area contributed by atoms with Crippen LogP contribution < -0.4 is 0 Å². The maximum Gasteiger partial charge on any atom is 0.201 e. The SMILES string of the molecule is O=C(c1ccccc1)C(Br)(Br)Br. The van der Waals surface area contributed by atoms with E-state index in [-0.39, 0.29) is 5.78 Å². The van der Waals surface area contributed by atoms with Crippen LogP contribution in [0.5, 0.6) is 0 Å². The summed E-state index contributed by atoms with van der Waals surface area (Å²) in [5.74, 6) is -0.0527. The van der Waals surface area contributed by atoms with Crippen LogP contribution in [-0.2, 0) is 0 Å². The second-order valence-electron chi connectivity index (χ2n) is 2.19. The summed E-state index contributed by atoms with van der Waals surface area (Å²) in [4.78, 5) is 11.5. The molecule has 0 saturated carbocycles. The third kappa shape index (κ3) is 2.68. The van der Waals surface area contributed by atoms with Crippen molar-refractivity contribution < 1.29 is 4.79 Å². The summed E-state index contributed by atoms with van der Waals surface area (Å²) in [5, 5.41) is 0. The van der Waals surface area contributed by atoms with Gasteiger partial charge in [-0.05, 0) is 0 Å². The van der Waals surface area contributed by atoms with Crippen LogP contribution in [0.4, 0.5) is 0 Å². The highest BCUT2D eigenvalue weighted by atomic mass is 80.0. The Morgan fingerprint density at radius 2 is 1.58 bits per heavy atom. The molecular formula is C8H5Br3O. The third-order valence-electron chi connectivity index (χ3n) is 1.29. The van der Waals surface area contributed by atoms with Gasteiger partial charge in [0, 0.05) is 5.56 Å². The zero-order valence-electron chi connectivity index (χ0n) is 5.93. The van der Waals surface area contributed by atoms with E-state index >= 15 is 0 Å². The van der Waals surface area contributed by atoms with E-state index in [0.29, 0.717) is 5.56 Å². The van der Waals surface area contributed by atoms with E-state index < -0.39 is 2.14 Å². The minimum absolute atomic E-state index is 0.0527. The van der Waals surface area contributed by atoms with Gasteiger partial charge in [-0.3, -0.25) is 4.79 Å². The van der Waals surface area contributed by atoms with Crippen LogP contribution in [0.1, 0.15) is 10.4 Å². The van der Waals surface area contributed by atoms with E-state index in [1.165, 1.54) is 0 Å². The maximum atomic E-state index is 11.5. The number of ketones is 1. The van der Waals surface area contributed by atoms with Gasteiger partial charge in [0.25, 0.3) is 0 Å². The summed E-state index contributed by atoms with van der Waals surface area (Å²) in [7, 11) is 0. The summed E-state index contributed by atoms with van der Waals surface area (Å²) in [6.45, 7) is 0. The molecule has 0 radical (unpaired) electrons. The molecule has 0 aliphatic heterocycles. The van der Waals surface area contributed by atoms with Crippen LogP contribution in [0.3, 0.4) is 0 Å². The van der Waals surface area contributed by atoms with Crippen molar-refractivity contribution in [2.24, 2.45) is 0 Å². The average molecular weight is 357 g/mol. The lowest BCUT2D eigenvalue weighted by Crippen LogP contribution is -2.16.